The number of carbonyl (C=O) groups excluding carboxylic acids is 1. The van der Waals surface area contributed by atoms with Crippen molar-refractivity contribution in [1.82, 2.24) is 5.32 Å². The molecule has 0 spiro atoms. The van der Waals surface area contributed by atoms with Crippen LogP contribution < -0.4 is 10.2 Å². The van der Waals surface area contributed by atoms with Gasteiger partial charge in [-0.3, -0.25) is 4.90 Å². The van der Waals surface area contributed by atoms with E-state index in [1.54, 1.807) is 16.2 Å². The highest BCUT2D eigenvalue weighted by Crippen LogP contribution is 2.24. The van der Waals surface area contributed by atoms with Gasteiger partial charge in [0.1, 0.15) is 6.61 Å². The lowest BCUT2D eigenvalue weighted by Gasteiger charge is -2.20. The predicted octanol–water partition coefficient (Wildman–Crippen LogP) is 4.16. The molecule has 5 heteroatoms. The summed E-state index contributed by atoms with van der Waals surface area (Å²) in [4.78, 5) is 13.4. The molecule has 1 aromatic heterocycles. The normalized spacial score (nSPS) is 17.1. The van der Waals surface area contributed by atoms with Gasteiger partial charge in [-0.2, -0.15) is 11.3 Å². The number of carbonyl (C=O) groups is 1. The molecule has 4 nitrogen and oxygen atoms in total. The Morgan fingerprint density at radius 1 is 1.30 bits per heavy atom. The Labute approximate surface area is 141 Å². The SMILES string of the molecule is C[C@H](CN[C@@H](C)c1cccc(N2CCOC2=O)c1)c1ccsc1. The van der Waals surface area contributed by atoms with Crippen molar-refractivity contribution in [2.75, 3.05) is 24.6 Å². The number of benzene rings is 1. The van der Waals surface area contributed by atoms with Gasteiger partial charge in [0.2, 0.25) is 0 Å². The maximum absolute atomic E-state index is 11.7. The molecule has 1 N–H and O–H groups in total. The smallest absolute Gasteiger partial charge is 0.414 e. The number of anilines is 1. The Morgan fingerprint density at radius 2 is 2.17 bits per heavy atom. The summed E-state index contributed by atoms with van der Waals surface area (Å²) in [6.45, 7) is 6.41. The van der Waals surface area contributed by atoms with Crippen LogP contribution in [0.1, 0.15) is 36.9 Å². The van der Waals surface area contributed by atoms with Crippen LogP contribution >= 0.6 is 11.3 Å². The largest absolute Gasteiger partial charge is 0.447 e. The van der Waals surface area contributed by atoms with Crippen LogP contribution in [0.15, 0.2) is 41.1 Å². The standard InChI is InChI=1S/C18H22N2O2S/c1-13(16-6-9-23-12-16)11-19-14(2)15-4-3-5-17(10-15)20-7-8-22-18(20)21/h3-6,9-10,12-14,19H,7-8,11H2,1-2H3/t13-,14+/m1/s1. The van der Waals surface area contributed by atoms with E-state index in [2.05, 4.69) is 48.1 Å². The molecule has 0 unspecified atom stereocenters. The van der Waals surface area contributed by atoms with E-state index in [-0.39, 0.29) is 12.1 Å². The number of thiophene rings is 1. The lowest BCUT2D eigenvalue weighted by molar-refractivity contribution is 0.181. The summed E-state index contributed by atoms with van der Waals surface area (Å²) in [6.07, 6.45) is -0.256. The molecule has 1 amide bonds. The van der Waals surface area contributed by atoms with Crippen LogP contribution in [0.25, 0.3) is 0 Å². The molecule has 0 radical (unpaired) electrons. The summed E-state index contributed by atoms with van der Waals surface area (Å²) in [5.74, 6) is 0.487. The number of rotatable bonds is 6. The highest BCUT2D eigenvalue weighted by Gasteiger charge is 2.23. The molecule has 0 bridgehead atoms. The third kappa shape index (κ3) is 3.74. The van der Waals surface area contributed by atoms with Crippen molar-refractivity contribution in [2.24, 2.45) is 0 Å². The highest BCUT2D eigenvalue weighted by atomic mass is 32.1. The fourth-order valence-corrected chi connectivity index (χ4v) is 3.52. The second-order valence-electron chi connectivity index (χ2n) is 5.95. The van der Waals surface area contributed by atoms with E-state index in [0.717, 1.165) is 12.2 Å². The van der Waals surface area contributed by atoms with Crippen molar-refractivity contribution in [1.29, 1.82) is 0 Å². The zero-order valence-corrected chi connectivity index (χ0v) is 14.3. The Hall–Kier alpha value is -1.85. The maximum Gasteiger partial charge on any atom is 0.414 e. The van der Waals surface area contributed by atoms with Crippen LogP contribution in [0.2, 0.25) is 0 Å². The molecule has 1 aromatic carbocycles. The van der Waals surface area contributed by atoms with Gasteiger partial charge in [-0.05, 0) is 52.9 Å². The third-order valence-corrected chi connectivity index (χ3v) is 4.99. The molecular formula is C18H22N2O2S. The molecule has 3 rings (SSSR count). The van der Waals surface area contributed by atoms with Crippen molar-refractivity contribution in [3.63, 3.8) is 0 Å². The van der Waals surface area contributed by atoms with Crippen molar-refractivity contribution >= 4 is 23.1 Å². The Morgan fingerprint density at radius 3 is 2.87 bits per heavy atom. The van der Waals surface area contributed by atoms with Gasteiger partial charge in [-0.25, -0.2) is 4.79 Å². The fourth-order valence-electron chi connectivity index (χ4n) is 2.73. The number of hydrogen-bond donors (Lipinski definition) is 1. The van der Waals surface area contributed by atoms with Gasteiger partial charge >= 0.3 is 6.09 Å². The summed E-state index contributed by atoms with van der Waals surface area (Å²) in [7, 11) is 0. The van der Waals surface area contributed by atoms with E-state index in [1.165, 1.54) is 11.1 Å². The van der Waals surface area contributed by atoms with E-state index in [1.807, 2.05) is 12.1 Å². The first-order chi connectivity index (χ1) is 11.1. The van der Waals surface area contributed by atoms with E-state index in [0.29, 0.717) is 19.1 Å². The van der Waals surface area contributed by atoms with Crippen LogP contribution in [0, 0.1) is 0 Å². The summed E-state index contributed by atoms with van der Waals surface area (Å²) < 4.78 is 5.01. The minimum atomic E-state index is -0.256. The third-order valence-electron chi connectivity index (χ3n) is 4.29. The molecule has 122 valence electrons. The summed E-state index contributed by atoms with van der Waals surface area (Å²) in [6, 6.07) is 10.5. The first-order valence-corrected chi connectivity index (χ1v) is 8.89. The minimum Gasteiger partial charge on any atom is -0.447 e. The zero-order valence-electron chi connectivity index (χ0n) is 13.5. The van der Waals surface area contributed by atoms with E-state index in [4.69, 9.17) is 4.74 Å². The van der Waals surface area contributed by atoms with Gasteiger partial charge in [-0.15, -0.1) is 0 Å². The maximum atomic E-state index is 11.7. The molecule has 1 fully saturated rings. The van der Waals surface area contributed by atoms with Crippen LogP contribution in [-0.2, 0) is 4.74 Å². The molecule has 2 aromatic rings. The Bertz CT molecular complexity index is 657. The number of nitrogens with zero attached hydrogens (tertiary/aromatic N) is 1. The van der Waals surface area contributed by atoms with Crippen LogP contribution in [-0.4, -0.2) is 25.8 Å². The first kappa shape index (κ1) is 16.0. The molecule has 2 heterocycles. The first-order valence-electron chi connectivity index (χ1n) is 7.95. The summed E-state index contributed by atoms with van der Waals surface area (Å²) >= 11 is 1.74. The van der Waals surface area contributed by atoms with Crippen molar-refractivity contribution in [3.8, 4) is 0 Å². The van der Waals surface area contributed by atoms with E-state index < -0.39 is 0 Å². The van der Waals surface area contributed by atoms with Crippen LogP contribution in [0.4, 0.5) is 10.5 Å². The van der Waals surface area contributed by atoms with Gasteiger partial charge in [0.05, 0.1) is 6.54 Å². The molecule has 0 aliphatic carbocycles. The Kier molecular flexibility index (Phi) is 4.98. The second-order valence-corrected chi connectivity index (χ2v) is 6.73. The molecule has 2 atom stereocenters. The van der Waals surface area contributed by atoms with Crippen molar-refractivity contribution < 1.29 is 9.53 Å². The molecule has 1 aliphatic rings. The van der Waals surface area contributed by atoms with Crippen molar-refractivity contribution in [2.45, 2.75) is 25.8 Å². The summed E-state index contributed by atoms with van der Waals surface area (Å²) in [5, 5.41) is 7.91. The van der Waals surface area contributed by atoms with E-state index in [9.17, 15) is 4.79 Å². The number of hydrogen-bond acceptors (Lipinski definition) is 4. The van der Waals surface area contributed by atoms with Gasteiger partial charge < -0.3 is 10.1 Å². The topological polar surface area (TPSA) is 41.6 Å². The second kappa shape index (κ2) is 7.15. The molecule has 23 heavy (non-hydrogen) atoms. The van der Waals surface area contributed by atoms with Gasteiger partial charge in [-0.1, -0.05) is 19.1 Å². The van der Waals surface area contributed by atoms with E-state index >= 15 is 0 Å². The predicted molar refractivity (Wildman–Crippen MR) is 94.3 cm³/mol. The van der Waals surface area contributed by atoms with Gasteiger partial charge in [0.25, 0.3) is 0 Å². The zero-order chi connectivity index (χ0) is 16.2. The highest BCUT2D eigenvalue weighted by molar-refractivity contribution is 7.07. The van der Waals surface area contributed by atoms with Crippen LogP contribution in [0.5, 0.6) is 0 Å². The lowest BCUT2D eigenvalue weighted by Crippen LogP contribution is -2.25. The quantitative estimate of drug-likeness (QED) is 0.865. The monoisotopic (exact) mass is 330 g/mol. The fraction of sp³-hybridized carbons (Fsp3) is 0.389. The number of nitrogens with one attached hydrogen (secondary N) is 1. The minimum absolute atomic E-state index is 0.231. The van der Waals surface area contributed by atoms with Gasteiger partial charge in [0, 0.05) is 18.3 Å². The molecular weight excluding hydrogens is 308 g/mol. The van der Waals surface area contributed by atoms with Crippen LogP contribution in [0.3, 0.4) is 0 Å². The average molecular weight is 330 g/mol. The molecule has 0 saturated carbocycles. The number of amides is 1. The lowest BCUT2D eigenvalue weighted by atomic mass is 10.0. The summed E-state index contributed by atoms with van der Waals surface area (Å²) in [5.41, 5.74) is 3.47. The Balaban J connectivity index is 1.63. The average Bonchev–Trinajstić information content (AvgIpc) is 3.24. The van der Waals surface area contributed by atoms with Crippen molar-refractivity contribution in [3.05, 3.63) is 52.2 Å². The number of ether oxygens (including phenoxy) is 1. The molecule has 1 aliphatic heterocycles. The van der Waals surface area contributed by atoms with Gasteiger partial charge in [0.15, 0.2) is 0 Å². The molecule has 1 saturated heterocycles. The number of cyclic esters (lactones) is 1.